The van der Waals surface area contributed by atoms with E-state index in [0.717, 1.165) is 36.2 Å². The first kappa shape index (κ1) is 18.2. The Balaban J connectivity index is 1.66. The third-order valence-electron chi connectivity index (χ3n) is 5.27. The van der Waals surface area contributed by atoms with Crippen LogP contribution in [0, 0.1) is 0 Å². The van der Waals surface area contributed by atoms with Gasteiger partial charge in [-0.05, 0) is 24.1 Å². The molecule has 3 aromatic rings. The maximum absolute atomic E-state index is 6.24. The van der Waals surface area contributed by atoms with Crippen molar-refractivity contribution in [2.75, 3.05) is 45.1 Å². The van der Waals surface area contributed by atoms with Crippen LogP contribution < -0.4 is 24.8 Å². The van der Waals surface area contributed by atoms with Gasteiger partial charge in [-0.25, -0.2) is 4.98 Å². The zero-order chi connectivity index (χ0) is 19.7. The van der Waals surface area contributed by atoms with Crippen molar-refractivity contribution in [2.24, 2.45) is 0 Å². The van der Waals surface area contributed by atoms with Crippen LogP contribution >= 0.6 is 0 Å². The molecule has 7 heteroatoms. The molecule has 1 atom stereocenters. The van der Waals surface area contributed by atoms with Crippen LogP contribution in [-0.2, 0) is 0 Å². The van der Waals surface area contributed by atoms with Crippen molar-refractivity contribution < 1.29 is 14.2 Å². The van der Waals surface area contributed by atoms with Gasteiger partial charge in [0, 0.05) is 30.5 Å². The number of nitrogens with zero attached hydrogens (tertiary/aromatic N) is 3. The topological polar surface area (TPSA) is 82.7 Å². The Bertz CT molecular complexity index is 1010. The molecular weight excluding hydrogens is 356 g/mol. The van der Waals surface area contributed by atoms with Crippen molar-refractivity contribution in [3.63, 3.8) is 0 Å². The van der Waals surface area contributed by atoms with Crippen molar-refractivity contribution in [1.29, 1.82) is 0 Å². The van der Waals surface area contributed by atoms with Crippen LogP contribution in [0.4, 0.5) is 11.8 Å². The lowest BCUT2D eigenvalue weighted by Gasteiger charge is -2.19. The van der Waals surface area contributed by atoms with E-state index in [1.807, 2.05) is 30.3 Å². The summed E-state index contributed by atoms with van der Waals surface area (Å²) in [7, 11) is 4.91. The molecule has 0 amide bonds. The Labute approximate surface area is 164 Å². The second-order valence-electron chi connectivity index (χ2n) is 6.81. The predicted molar refractivity (Wildman–Crippen MR) is 110 cm³/mol. The number of hydrogen-bond acceptors (Lipinski definition) is 7. The minimum Gasteiger partial charge on any atom is -0.496 e. The molecule has 0 aliphatic carbocycles. The number of para-hydroxylation sites is 1. The van der Waals surface area contributed by atoms with E-state index >= 15 is 0 Å². The highest BCUT2D eigenvalue weighted by molar-refractivity contribution is 5.91. The Kier molecular flexibility index (Phi) is 4.81. The molecule has 1 saturated heterocycles. The maximum Gasteiger partial charge on any atom is 0.227 e. The van der Waals surface area contributed by atoms with Gasteiger partial charge in [-0.1, -0.05) is 18.2 Å². The zero-order valence-electron chi connectivity index (χ0n) is 16.3. The molecule has 28 heavy (non-hydrogen) atoms. The average Bonchev–Trinajstić information content (AvgIpc) is 3.22. The fourth-order valence-corrected chi connectivity index (χ4v) is 3.81. The first-order chi connectivity index (χ1) is 13.6. The molecule has 4 rings (SSSR count). The molecule has 1 unspecified atom stereocenters. The minimum absolute atomic E-state index is 0.363. The second-order valence-corrected chi connectivity index (χ2v) is 6.81. The highest BCUT2D eigenvalue weighted by Crippen LogP contribution is 2.37. The Morgan fingerprint density at radius 2 is 1.68 bits per heavy atom. The summed E-state index contributed by atoms with van der Waals surface area (Å²) in [6.45, 7) is 1.68. The van der Waals surface area contributed by atoms with Crippen LogP contribution in [0.3, 0.4) is 0 Å². The summed E-state index contributed by atoms with van der Waals surface area (Å²) >= 11 is 0. The van der Waals surface area contributed by atoms with Gasteiger partial charge in [-0.2, -0.15) is 4.98 Å². The van der Waals surface area contributed by atoms with Gasteiger partial charge in [-0.15, -0.1) is 0 Å². The molecular formula is C21H24N4O3. The molecule has 1 aromatic heterocycles. The maximum atomic E-state index is 6.24. The van der Waals surface area contributed by atoms with Gasteiger partial charge in [0.05, 0.1) is 26.8 Å². The Hall–Kier alpha value is -3.22. The van der Waals surface area contributed by atoms with Crippen LogP contribution in [0.1, 0.15) is 17.9 Å². The van der Waals surface area contributed by atoms with Crippen molar-refractivity contribution >= 4 is 22.7 Å². The fraction of sp³-hybridized carbons (Fsp3) is 0.333. The van der Waals surface area contributed by atoms with Gasteiger partial charge < -0.3 is 24.8 Å². The van der Waals surface area contributed by atoms with E-state index in [1.165, 1.54) is 5.56 Å². The van der Waals surface area contributed by atoms with Gasteiger partial charge in [0.15, 0.2) is 11.5 Å². The standard InChI is InChI=1S/C21H24N4O3/c1-26-17-7-5-4-6-14(17)13-8-9-25(12-13)21-23-16-11-19(28-3)18(27-2)10-15(16)20(22)24-21/h4-7,10-11,13H,8-9,12H2,1-3H3,(H2,22,23,24). The fourth-order valence-electron chi connectivity index (χ4n) is 3.81. The van der Waals surface area contributed by atoms with E-state index in [-0.39, 0.29) is 0 Å². The Morgan fingerprint density at radius 1 is 0.964 bits per heavy atom. The van der Waals surface area contributed by atoms with E-state index in [9.17, 15) is 0 Å². The van der Waals surface area contributed by atoms with Crippen LogP contribution in [0.25, 0.3) is 10.9 Å². The predicted octanol–water partition coefficient (Wildman–Crippen LogP) is 3.23. The number of ether oxygens (including phenoxy) is 3. The van der Waals surface area contributed by atoms with E-state index in [2.05, 4.69) is 16.0 Å². The molecule has 2 heterocycles. The summed E-state index contributed by atoms with van der Waals surface area (Å²) in [6, 6.07) is 11.8. The van der Waals surface area contributed by atoms with Crippen molar-refractivity contribution in [3.05, 3.63) is 42.0 Å². The third-order valence-corrected chi connectivity index (χ3v) is 5.27. The number of hydrogen-bond donors (Lipinski definition) is 1. The molecule has 1 aliphatic rings. The molecule has 1 aliphatic heterocycles. The van der Waals surface area contributed by atoms with Gasteiger partial charge in [0.2, 0.25) is 5.95 Å². The molecule has 2 N–H and O–H groups in total. The first-order valence-corrected chi connectivity index (χ1v) is 9.21. The van der Waals surface area contributed by atoms with E-state index in [4.69, 9.17) is 24.9 Å². The summed E-state index contributed by atoms with van der Waals surface area (Å²) in [4.78, 5) is 11.5. The SMILES string of the molecule is COc1cc2nc(N3CCC(c4ccccc4OC)C3)nc(N)c2cc1OC. The van der Waals surface area contributed by atoms with Crippen LogP contribution in [0.5, 0.6) is 17.2 Å². The monoisotopic (exact) mass is 380 g/mol. The van der Waals surface area contributed by atoms with Gasteiger partial charge in [-0.3, -0.25) is 0 Å². The quantitative estimate of drug-likeness (QED) is 0.727. The molecule has 0 saturated carbocycles. The van der Waals surface area contributed by atoms with E-state index in [0.29, 0.717) is 29.2 Å². The molecule has 1 fully saturated rings. The zero-order valence-corrected chi connectivity index (χ0v) is 16.3. The largest absolute Gasteiger partial charge is 0.496 e. The number of benzene rings is 2. The summed E-state index contributed by atoms with van der Waals surface area (Å²) in [5.74, 6) is 3.58. The van der Waals surface area contributed by atoms with Crippen molar-refractivity contribution in [3.8, 4) is 17.2 Å². The van der Waals surface area contributed by atoms with Gasteiger partial charge in [0.1, 0.15) is 11.6 Å². The summed E-state index contributed by atoms with van der Waals surface area (Å²) in [6.07, 6.45) is 1.01. The molecule has 7 nitrogen and oxygen atoms in total. The van der Waals surface area contributed by atoms with Crippen molar-refractivity contribution in [1.82, 2.24) is 9.97 Å². The van der Waals surface area contributed by atoms with Gasteiger partial charge >= 0.3 is 0 Å². The van der Waals surface area contributed by atoms with Crippen LogP contribution in [0.2, 0.25) is 0 Å². The number of nitrogen functional groups attached to an aromatic ring is 1. The Morgan fingerprint density at radius 3 is 2.43 bits per heavy atom. The number of anilines is 2. The van der Waals surface area contributed by atoms with E-state index < -0.39 is 0 Å². The molecule has 146 valence electrons. The highest BCUT2D eigenvalue weighted by Gasteiger charge is 2.28. The van der Waals surface area contributed by atoms with Crippen LogP contribution in [0.15, 0.2) is 36.4 Å². The van der Waals surface area contributed by atoms with Crippen molar-refractivity contribution in [2.45, 2.75) is 12.3 Å². The third kappa shape index (κ3) is 3.13. The normalized spacial score (nSPS) is 16.4. The number of aromatic nitrogens is 2. The second kappa shape index (κ2) is 7.42. The smallest absolute Gasteiger partial charge is 0.227 e. The lowest BCUT2D eigenvalue weighted by atomic mass is 9.97. The lowest BCUT2D eigenvalue weighted by Crippen LogP contribution is -2.22. The summed E-state index contributed by atoms with van der Waals surface area (Å²) in [5, 5.41) is 0.752. The summed E-state index contributed by atoms with van der Waals surface area (Å²) < 4.78 is 16.3. The average molecular weight is 380 g/mol. The number of nitrogens with two attached hydrogens (primary N) is 1. The van der Waals surface area contributed by atoms with E-state index in [1.54, 1.807) is 21.3 Å². The van der Waals surface area contributed by atoms with Gasteiger partial charge in [0.25, 0.3) is 0 Å². The molecule has 0 radical (unpaired) electrons. The first-order valence-electron chi connectivity index (χ1n) is 9.21. The minimum atomic E-state index is 0.363. The molecule has 2 aromatic carbocycles. The molecule has 0 spiro atoms. The number of rotatable bonds is 5. The highest BCUT2D eigenvalue weighted by atomic mass is 16.5. The lowest BCUT2D eigenvalue weighted by molar-refractivity contribution is 0.356. The number of fused-ring (bicyclic) bond motifs is 1. The summed E-state index contributed by atoms with van der Waals surface area (Å²) in [5.41, 5.74) is 8.19. The number of methoxy groups -OCH3 is 3. The molecule has 0 bridgehead atoms. The van der Waals surface area contributed by atoms with Crippen LogP contribution in [-0.4, -0.2) is 44.4 Å².